The zero-order chi connectivity index (χ0) is 13.8. The summed E-state index contributed by atoms with van der Waals surface area (Å²) in [5.74, 6) is -1.26. The summed E-state index contributed by atoms with van der Waals surface area (Å²) >= 11 is 0. The molecule has 0 saturated carbocycles. The zero-order valence-corrected chi connectivity index (χ0v) is 10.9. The smallest absolute Gasteiger partial charge is 0.332 e. The molecule has 2 saturated heterocycles. The Morgan fingerprint density at radius 3 is 2.84 bits per heavy atom. The van der Waals surface area contributed by atoms with Crippen LogP contribution in [0.5, 0.6) is 0 Å². The van der Waals surface area contributed by atoms with Gasteiger partial charge in [0.15, 0.2) is 6.10 Å². The first-order valence-electron chi connectivity index (χ1n) is 6.75. The average molecular weight is 271 g/mol. The van der Waals surface area contributed by atoms with Gasteiger partial charge in [-0.3, -0.25) is 4.90 Å². The Hall–Kier alpha value is -1.34. The van der Waals surface area contributed by atoms with Gasteiger partial charge in [-0.15, -0.1) is 0 Å². The van der Waals surface area contributed by atoms with E-state index in [1.54, 1.807) is 4.90 Å². The zero-order valence-electron chi connectivity index (χ0n) is 10.9. The van der Waals surface area contributed by atoms with Gasteiger partial charge >= 0.3 is 12.0 Å². The first-order valence-corrected chi connectivity index (χ1v) is 6.75. The largest absolute Gasteiger partial charge is 0.479 e. The maximum atomic E-state index is 11.9. The third kappa shape index (κ3) is 3.57. The molecule has 2 fully saturated rings. The number of aliphatic hydroxyl groups is 1. The summed E-state index contributed by atoms with van der Waals surface area (Å²) in [5.41, 5.74) is 0. The lowest BCUT2D eigenvalue weighted by atomic mass is 10.1. The highest BCUT2D eigenvalue weighted by Gasteiger charge is 2.32. The molecule has 0 radical (unpaired) electrons. The van der Waals surface area contributed by atoms with Crippen molar-refractivity contribution in [3.63, 3.8) is 0 Å². The van der Waals surface area contributed by atoms with Gasteiger partial charge in [0.25, 0.3) is 0 Å². The molecule has 0 aromatic rings. The number of amides is 2. The summed E-state index contributed by atoms with van der Waals surface area (Å²) in [6.07, 6.45) is 0.962. The van der Waals surface area contributed by atoms with E-state index in [-0.39, 0.29) is 19.0 Å². The maximum Gasteiger partial charge on any atom is 0.332 e. The second-order valence-electron chi connectivity index (χ2n) is 5.15. The minimum absolute atomic E-state index is 0.0322. The first-order chi connectivity index (χ1) is 9.08. The second-order valence-corrected chi connectivity index (χ2v) is 5.15. The lowest BCUT2D eigenvalue weighted by Gasteiger charge is -2.37. The van der Waals surface area contributed by atoms with E-state index < -0.39 is 12.1 Å². The molecule has 0 aromatic heterocycles. The van der Waals surface area contributed by atoms with E-state index in [2.05, 4.69) is 10.2 Å². The van der Waals surface area contributed by atoms with Crippen LogP contribution in [0.4, 0.5) is 4.79 Å². The Balaban J connectivity index is 1.70. The van der Waals surface area contributed by atoms with Gasteiger partial charge in [0.2, 0.25) is 0 Å². The van der Waals surface area contributed by atoms with Gasteiger partial charge in [-0.25, -0.2) is 9.59 Å². The van der Waals surface area contributed by atoms with E-state index in [1.165, 1.54) is 6.42 Å². The number of carbonyl (C=O) groups excluding carboxylic acids is 1. The molecule has 7 nitrogen and oxygen atoms in total. The Morgan fingerprint density at radius 2 is 2.11 bits per heavy atom. The second kappa shape index (κ2) is 6.21. The molecule has 2 rings (SSSR count). The molecule has 2 atom stereocenters. The quantitative estimate of drug-likeness (QED) is 0.629. The lowest BCUT2D eigenvalue weighted by Crippen LogP contribution is -2.54. The molecule has 2 amide bonds. The Morgan fingerprint density at radius 1 is 1.32 bits per heavy atom. The SMILES string of the molecule is O=C(O)C(O)CCNC(=O)N1CCN2CCCC2C1. The number of carboxylic acid groups (broad SMARTS) is 1. The molecule has 2 aliphatic heterocycles. The molecule has 19 heavy (non-hydrogen) atoms. The van der Waals surface area contributed by atoms with Crippen molar-refractivity contribution < 1.29 is 19.8 Å². The van der Waals surface area contributed by atoms with Crippen LogP contribution in [0.3, 0.4) is 0 Å². The van der Waals surface area contributed by atoms with E-state index in [1.807, 2.05) is 0 Å². The van der Waals surface area contributed by atoms with E-state index >= 15 is 0 Å². The molecule has 2 unspecified atom stereocenters. The number of hydrogen-bond donors (Lipinski definition) is 3. The maximum absolute atomic E-state index is 11.9. The average Bonchev–Trinajstić information content (AvgIpc) is 2.85. The van der Waals surface area contributed by atoms with Gasteiger partial charge in [-0.05, 0) is 19.4 Å². The van der Waals surface area contributed by atoms with E-state index in [4.69, 9.17) is 10.2 Å². The summed E-state index contributed by atoms with van der Waals surface area (Å²) < 4.78 is 0. The summed E-state index contributed by atoms with van der Waals surface area (Å²) in [4.78, 5) is 26.5. The van der Waals surface area contributed by atoms with Crippen LogP contribution >= 0.6 is 0 Å². The van der Waals surface area contributed by atoms with Crippen LogP contribution in [0.25, 0.3) is 0 Å². The third-order valence-corrected chi connectivity index (χ3v) is 3.85. The Kier molecular flexibility index (Phi) is 4.60. The highest BCUT2D eigenvalue weighted by atomic mass is 16.4. The van der Waals surface area contributed by atoms with Gasteiger partial charge in [-0.1, -0.05) is 0 Å². The highest BCUT2D eigenvalue weighted by molar-refractivity contribution is 5.75. The summed E-state index contributed by atoms with van der Waals surface area (Å²) in [6, 6.07) is 0.313. The fourth-order valence-electron chi connectivity index (χ4n) is 2.73. The van der Waals surface area contributed by atoms with E-state index in [9.17, 15) is 9.59 Å². The van der Waals surface area contributed by atoms with Crippen molar-refractivity contribution >= 4 is 12.0 Å². The molecule has 2 heterocycles. The number of aliphatic hydroxyl groups excluding tert-OH is 1. The molecular formula is C12H21N3O4. The molecule has 2 aliphatic rings. The monoisotopic (exact) mass is 271 g/mol. The minimum atomic E-state index is -1.41. The number of piperazine rings is 1. The van der Waals surface area contributed by atoms with Crippen LogP contribution in [0.1, 0.15) is 19.3 Å². The summed E-state index contributed by atoms with van der Waals surface area (Å²) in [5, 5.41) is 20.3. The molecule has 0 aliphatic carbocycles. The Bertz CT molecular complexity index is 350. The summed E-state index contributed by atoms with van der Waals surface area (Å²) in [6.45, 7) is 3.68. The number of aliphatic carboxylic acids is 1. The van der Waals surface area contributed by atoms with Crippen molar-refractivity contribution in [2.45, 2.75) is 31.4 Å². The normalized spacial score (nSPS) is 24.9. The van der Waals surface area contributed by atoms with Crippen molar-refractivity contribution in [1.29, 1.82) is 0 Å². The standard InChI is InChI=1S/C12H21N3O4/c16-10(11(17)18)3-4-13-12(19)15-7-6-14-5-1-2-9(14)8-15/h9-10,16H,1-8H2,(H,13,19)(H,17,18). The van der Waals surface area contributed by atoms with Crippen LogP contribution in [0, 0.1) is 0 Å². The van der Waals surface area contributed by atoms with Gasteiger partial charge in [0.05, 0.1) is 0 Å². The lowest BCUT2D eigenvalue weighted by molar-refractivity contribution is -0.146. The summed E-state index contributed by atoms with van der Waals surface area (Å²) in [7, 11) is 0. The topological polar surface area (TPSA) is 93.1 Å². The van der Waals surface area contributed by atoms with Crippen LogP contribution in [-0.2, 0) is 4.79 Å². The van der Waals surface area contributed by atoms with Crippen LogP contribution in [0.15, 0.2) is 0 Å². The highest BCUT2D eigenvalue weighted by Crippen LogP contribution is 2.21. The van der Waals surface area contributed by atoms with Crippen LogP contribution in [-0.4, -0.2) is 76.9 Å². The van der Waals surface area contributed by atoms with E-state index in [0.29, 0.717) is 12.6 Å². The minimum Gasteiger partial charge on any atom is -0.479 e. The van der Waals surface area contributed by atoms with Crippen molar-refractivity contribution in [2.75, 3.05) is 32.7 Å². The van der Waals surface area contributed by atoms with Crippen molar-refractivity contribution in [2.24, 2.45) is 0 Å². The Labute approximate surface area is 112 Å². The van der Waals surface area contributed by atoms with Gasteiger partial charge in [0, 0.05) is 38.6 Å². The van der Waals surface area contributed by atoms with Gasteiger partial charge < -0.3 is 20.4 Å². The van der Waals surface area contributed by atoms with Crippen molar-refractivity contribution in [3.05, 3.63) is 0 Å². The third-order valence-electron chi connectivity index (χ3n) is 3.85. The molecular weight excluding hydrogens is 250 g/mol. The number of rotatable bonds is 4. The van der Waals surface area contributed by atoms with Crippen LogP contribution < -0.4 is 5.32 Å². The van der Waals surface area contributed by atoms with E-state index in [0.717, 1.165) is 26.1 Å². The molecule has 3 N–H and O–H groups in total. The number of fused-ring (bicyclic) bond motifs is 1. The first kappa shape index (κ1) is 14.1. The predicted molar refractivity (Wildman–Crippen MR) is 67.8 cm³/mol. The number of hydrogen-bond acceptors (Lipinski definition) is 4. The molecule has 7 heteroatoms. The van der Waals surface area contributed by atoms with Crippen LogP contribution in [0.2, 0.25) is 0 Å². The fourth-order valence-corrected chi connectivity index (χ4v) is 2.73. The predicted octanol–water partition coefficient (Wildman–Crippen LogP) is -0.688. The molecule has 0 bridgehead atoms. The van der Waals surface area contributed by atoms with Crippen molar-refractivity contribution in [3.8, 4) is 0 Å². The molecule has 0 spiro atoms. The number of nitrogens with zero attached hydrogens (tertiary/aromatic N) is 2. The number of carboxylic acids is 1. The molecule has 108 valence electrons. The van der Waals surface area contributed by atoms with Crippen molar-refractivity contribution in [1.82, 2.24) is 15.1 Å². The number of carbonyl (C=O) groups is 2. The number of nitrogens with one attached hydrogen (secondary N) is 1. The number of urea groups is 1. The fraction of sp³-hybridized carbons (Fsp3) is 0.833. The molecule has 0 aromatic carbocycles. The van der Waals surface area contributed by atoms with Gasteiger partial charge in [-0.2, -0.15) is 0 Å². The van der Waals surface area contributed by atoms with Gasteiger partial charge in [0.1, 0.15) is 0 Å².